The molecular formula is C23H25N3O4S. The molecule has 162 valence electrons. The van der Waals surface area contributed by atoms with Crippen LogP contribution >= 0.6 is 11.3 Å². The van der Waals surface area contributed by atoms with E-state index < -0.39 is 12.0 Å². The fourth-order valence-corrected chi connectivity index (χ4v) is 4.83. The minimum atomic E-state index is -0.501. The molecule has 0 saturated carbocycles. The highest BCUT2D eigenvalue weighted by Crippen LogP contribution is 2.37. The number of nitrogens with two attached hydrogens (primary N) is 1. The van der Waals surface area contributed by atoms with Crippen molar-refractivity contribution in [3.8, 4) is 5.75 Å². The van der Waals surface area contributed by atoms with Crippen LogP contribution in [0.1, 0.15) is 39.7 Å². The van der Waals surface area contributed by atoms with E-state index in [1.807, 2.05) is 43.3 Å². The van der Waals surface area contributed by atoms with Crippen molar-refractivity contribution < 1.29 is 19.1 Å². The van der Waals surface area contributed by atoms with E-state index in [0.29, 0.717) is 44.0 Å². The molecule has 2 N–H and O–H groups in total. The van der Waals surface area contributed by atoms with Crippen molar-refractivity contribution in [2.24, 2.45) is 5.73 Å². The quantitative estimate of drug-likeness (QED) is 0.569. The van der Waals surface area contributed by atoms with Crippen LogP contribution in [0.2, 0.25) is 0 Å². The third-order valence-electron chi connectivity index (χ3n) is 5.36. The van der Waals surface area contributed by atoms with Crippen molar-refractivity contribution in [2.75, 3.05) is 26.3 Å². The molecule has 2 amide bonds. The van der Waals surface area contributed by atoms with Gasteiger partial charge in [0.05, 0.1) is 19.8 Å². The predicted molar refractivity (Wildman–Crippen MR) is 119 cm³/mol. The van der Waals surface area contributed by atoms with Crippen LogP contribution in [0.3, 0.4) is 0 Å². The number of primary amides is 1. The van der Waals surface area contributed by atoms with E-state index in [0.717, 1.165) is 27.1 Å². The van der Waals surface area contributed by atoms with Gasteiger partial charge in [0.15, 0.2) is 0 Å². The van der Waals surface area contributed by atoms with Crippen LogP contribution in [-0.2, 0) is 9.53 Å². The van der Waals surface area contributed by atoms with E-state index in [9.17, 15) is 9.59 Å². The van der Waals surface area contributed by atoms with Gasteiger partial charge in [0.2, 0.25) is 5.91 Å². The molecule has 8 heteroatoms. The van der Waals surface area contributed by atoms with Gasteiger partial charge in [-0.25, -0.2) is 4.98 Å². The number of carbonyl (C=O) groups is 2. The van der Waals surface area contributed by atoms with Gasteiger partial charge < -0.3 is 20.1 Å². The van der Waals surface area contributed by atoms with E-state index in [2.05, 4.69) is 4.98 Å². The van der Waals surface area contributed by atoms with E-state index in [1.54, 1.807) is 11.1 Å². The second-order valence-electron chi connectivity index (χ2n) is 7.48. The first kappa shape index (κ1) is 21.3. The van der Waals surface area contributed by atoms with Crippen LogP contribution in [0, 0.1) is 6.92 Å². The van der Waals surface area contributed by atoms with Crippen molar-refractivity contribution in [3.05, 3.63) is 58.6 Å². The molecule has 1 fully saturated rings. The highest BCUT2D eigenvalue weighted by atomic mass is 32.1. The van der Waals surface area contributed by atoms with E-state index in [4.69, 9.17) is 15.2 Å². The number of para-hydroxylation sites is 1. The third-order valence-corrected chi connectivity index (χ3v) is 6.50. The molecule has 1 aliphatic heterocycles. The second-order valence-corrected chi connectivity index (χ2v) is 8.48. The number of ether oxygens (including phenoxy) is 2. The first-order valence-electron chi connectivity index (χ1n) is 10.3. The van der Waals surface area contributed by atoms with Crippen molar-refractivity contribution in [1.82, 2.24) is 9.88 Å². The summed E-state index contributed by atoms with van der Waals surface area (Å²) in [7, 11) is 0. The summed E-state index contributed by atoms with van der Waals surface area (Å²) in [6.07, 6.45) is 2.31. The Morgan fingerprint density at radius 2 is 2.13 bits per heavy atom. The Labute approximate surface area is 184 Å². The van der Waals surface area contributed by atoms with Crippen LogP contribution in [0.4, 0.5) is 0 Å². The maximum absolute atomic E-state index is 12.8. The van der Waals surface area contributed by atoms with Gasteiger partial charge in [0.1, 0.15) is 21.6 Å². The van der Waals surface area contributed by atoms with Crippen LogP contribution in [0.15, 0.2) is 42.6 Å². The molecule has 0 bridgehead atoms. The fourth-order valence-electron chi connectivity index (χ4n) is 3.79. The van der Waals surface area contributed by atoms with Gasteiger partial charge in [-0.3, -0.25) is 9.59 Å². The number of amides is 2. The molecule has 1 atom stereocenters. The number of rotatable bonds is 7. The summed E-state index contributed by atoms with van der Waals surface area (Å²) in [6.45, 7) is 3.81. The molecule has 0 aliphatic carbocycles. The molecule has 2 aromatic heterocycles. The average Bonchev–Trinajstić information content (AvgIpc) is 3.18. The normalized spacial score (nSPS) is 16.4. The van der Waals surface area contributed by atoms with Gasteiger partial charge in [0.25, 0.3) is 5.91 Å². The zero-order valence-corrected chi connectivity index (χ0v) is 18.2. The predicted octanol–water partition coefficient (Wildman–Crippen LogP) is 3.46. The maximum atomic E-state index is 12.8. The molecule has 1 saturated heterocycles. The summed E-state index contributed by atoms with van der Waals surface area (Å²) in [5, 5.41) is 0.854. The summed E-state index contributed by atoms with van der Waals surface area (Å²) in [5.74, 6) is 0.400. The Bertz CT molecular complexity index is 1100. The topological polar surface area (TPSA) is 94.7 Å². The van der Waals surface area contributed by atoms with E-state index in [1.165, 1.54) is 11.3 Å². The third kappa shape index (κ3) is 4.70. The Morgan fingerprint density at radius 3 is 2.94 bits per heavy atom. The number of pyridine rings is 1. The number of hydrogen-bond acceptors (Lipinski definition) is 6. The van der Waals surface area contributed by atoms with E-state index >= 15 is 0 Å². The van der Waals surface area contributed by atoms with Crippen molar-refractivity contribution >= 4 is 33.4 Å². The Morgan fingerprint density at radius 1 is 1.29 bits per heavy atom. The number of benzene rings is 1. The molecule has 0 unspecified atom stereocenters. The standard InChI is InChI=1S/C23H25N3O4S/c1-15-6-2-3-8-17(15)29-12-5-9-19(27)26-11-13-30-18(14-26)20-16-7-4-10-25-23(16)31-21(20)22(24)28/h2-4,6-8,10,18H,5,9,11-14H2,1H3,(H2,24,28)/t18-/m0/s1. The second kappa shape index (κ2) is 9.45. The molecule has 3 aromatic rings. The lowest BCUT2D eigenvalue weighted by Gasteiger charge is -2.33. The van der Waals surface area contributed by atoms with Gasteiger partial charge >= 0.3 is 0 Å². The van der Waals surface area contributed by atoms with E-state index in [-0.39, 0.29) is 5.91 Å². The van der Waals surface area contributed by atoms with Crippen molar-refractivity contribution in [2.45, 2.75) is 25.9 Å². The number of fused-ring (bicyclic) bond motifs is 1. The van der Waals surface area contributed by atoms with Gasteiger partial charge in [-0.1, -0.05) is 24.3 Å². The SMILES string of the molecule is Cc1ccccc1OCCCC(=O)N1CCO[C@H](c2c(C(N)=O)sc3ncccc23)C1. The first-order valence-corrected chi connectivity index (χ1v) is 11.1. The van der Waals surface area contributed by atoms with Gasteiger partial charge in [0, 0.05) is 30.1 Å². The Balaban J connectivity index is 1.39. The van der Waals surface area contributed by atoms with Crippen LogP contribution in [-0.4, -0.2) is 48.0 Å². The van der Waals surface area contributed by atoms with Gasteiger partial charge in [-0.05, 0) is 31.0 Å². The van der Waals surface area contributed by atoms with Crippen molar-refractivity contribution in [3.63, 3.8) is 0 Å². The smallest absolute Gasteiger partial charge is 0.259 e. The zero-order valence-electron chi connectivity index (χ0n) is 17.4. The summed E-state index contributed by atoms with van der Waals surface area (Å²) < 4.78 is 11.7. The summed E-state index contributed by atoms with van der Waals surface area (Å²) in [4.78, 5) is 32.1. The fraction of sp³-hybridized carbons (Fsp3) is 0.348. The van der Waals surface area contributed by atoms with Crippen LogP contribution in [0.25, 0.3) is 10.2 Å². The molecular weight excluding hydrogens is 414 g/mol. The lowest BCUT2D eigenvalue weighted by Crippen LogP contribution is -2.42. The van der Waals surface area contributed by atoms with Crippen molar-refractivity contribution in [1.29, 1.82) is 0 Å². The number of nitrogens with zero attached hydrogens (tertiary/aromatic N) is 2. The largest absolute Gasteiger partial charge is 0.493 e. The minimum absolute atomic E-state index is 0.0555. The molecule has 7 nitrogen and oxygen atoms in total. The number of thiophene rings is 1. The number of morpholine rings is 1. The Hall–Kier alpha value is -2.97. The first-order chi connectivity index (χ1) is 15.0. The molecule has 31 heavy (non-hydrogen) atoms. The van der Waals surface area contributed by atoms with Crippen LogP contribution < -0.4 is 10.5 Å². The number of hydrogen-bond donors (Lipinski definition) is 1. The van der Waals surface area contributed by atoms with Gasteiger partial charge in [-0.15, -0.1) is 11.3 Å². The molecule has 3 heterocycles. The highest BCUT2D eigenvalue weighted by Gasteiger charge is 2.31. The summed E-state index contributed by atoms with van der Waals surface area (Å²) >= 11 is 1.27. The summed E-state index contributed by atoms with van der Waals surface area (Å²) in [6, 6.07) is 11.6. The minimum Gasteiger partial charge on any atom is -0.493 e. The number of carbonyl (C=O) groups excluding carboxylic acids is 2. The van der Waals surface area contributed by atoms with Gasteiger partial charge in [-0.2, -0.15) is 0 Å². The zero-order chi connectivity index (χ0) is 21.8. The Kier molecular flexibility index (Phi) is 6.48. The number of aromatic nitrogens is 1. The lowest BCUT2D eigenvalue weighted by atomic mass is 10.0. The number of aryl methyl sites for hydroxylation is 1. The maximum Gasteiger partial charge on any atom is 0.259 e. The molecule has 1 aromatic carbocycles. The molecule has 4 rings (SSSR count). The molecule has 0 radical (unpaired) electrons. The molecule has 0 spiro atoms. The molecule has 1 aliphatic rings. The lowest BCUT2D eigenvalue weighted by molar-refractivity contribution is -0.139. The summed E-state index contributed by atoms with van der Waals surface area (Å²) in [5.41, 5.74) is 7.43. The highest BCUT2D eigenvalue weighted by molar-refractivity contribution is 7.20. The van der Waals surface area contributed by atoms with Crippen LogP contribution in [0.5, 0.6) is 5.75 Å². The average molecular weight is 440 g/mol. The monoisotopic (exact) mass is 439 g/mol.